The predicted molar refractivity (Wildman–Crippen MR) is 102 cm³/mol. The molecule has 0 aromatic heterocycles. The topological polar surface area (TPSA) is 49.9 Å². The van der Waals surface area contributed by atoms with Crippen LogP contribution in [0.3, 0.4) is 0 Å². The van der Waals surface area contributed by atoms with E-state index < -0.39 is 16.6 Å². The van der Waals surface area contributed by atoms with Gasteiger partial charge in [-0.3, -0.25) is 6.54 Å². The molecule has 2 fully saturated rings. The summed E-state index contributed by atoms with van der Waals surface area (Å²) in [5, 5.41) is 0. The first-order chi connectivity index (χ1) is 12.4. The molecule has 5 nitrogen and oxygen atoms in total. The molecular weight excluding hydrogens is 398 g/mol. The van der Waals surface area contributed by atoms with Gasteiger partial charge in [-0.15, -0.1) is 12.4 Å². The van der Waals surface area contributed by atoms with E-state index >= 15 is 0 Å². The molecule has 2 saturated heterocycles. The Balaban J connectivity index is 0.00000261. The van der Waals surface area contributed by atoms with E-state index in [4.69, 9.17) is 0 Å². The second kappa shape index (κ2) is 9.49. The molecule has 1 aromatic carbocycles. The lowest BCUT2D eigenvalue weighted by atomic mass is 9.95. The van der Waals surface area contributed by atoms with Gasteiger partial charge in [-0.05, 0) is 56.1 Å². The Bertz CT molecular complexity index is 687. The highest BCUT2D eigenvalue weighted by atomic mass is 35.5. The highest BCUT2D eigenvalue weighted by molar-refractivity contribution is 7.89. The van der Waals surface area contributed by atoms with Crippen LogP contribution in [-0.2, 0) is 10.0 Å². The largest absolute Gasteiger partial charge is 0.454 e. The van der Waals surface area contributed by atoms with Gasteiger partial charge in [0, 0.05) is 13.1 Å². The van der Waals surface area contributed by atoms with E-state index in [1.54, 1.807) is 0 Å². The van der Waals surface area contributed by atoms with Crippen LogP contribution in [0.25, 0.3) is 0 Å². The van der Waals surface area contributed by atoms with E-state index in [1.165, 1.54) is 35.0 Å². The van der Waals surface area contributed by atoms with Crippen LogP contribution < -0.4 is 4.74 Å². The van der Waals surface area contributed by atoms with Crippen molar-refractivity contribution in [3.8, 4) is 5.75 Å². The minimum atomic E-state index is -3.61. The molecule has 0 amide bonds. The van der Waals surface area contributed by atoms with Crippen molar-refractivity contribution in [2.75, 3.05) is 19.6 Å². The van der Waals surface area contributed by atoms with E-state index in [1.807, 2.05) is 0 Å². The smallest absolute Gasteiger partial charge is 0.387 e. The van der Waals surface area contributed by atoms with E-state index in [-0.39, 0.29) is 23.1 Å². The molecule has 1 aromatic rings. The molecule has 0 radical (unpaired) electrons. The summed E-state index contributed by atoms with van der Waals surface area (Å²) in [6.07, 6.45) is 3.88. The van der Waals surface area contributed by atoms with E-state index in [9.17, 15) is 17.2 Å². The summed E-state index contributed by atoms with van der Waals surface area (Å²) in [4.78, 5) is 2.48. The Morgan fingerprint density at radius 2 is 1.74 bits per heavy atom. The molecule has 2 aliphatic rings. The van der Waals surface area contributed by atoms with Crippen LogP contribution >= 0.6 is 12.4 Å². The molecule has 1 atom stereocenters. The quantitative estimate of drug-likeness (QED) is 0.677. The van der Waals surface area contributed by atoms with Gasteiger partial charge >= 0.3 is 6.61 Å². The summed E-state index contributed by atoms with van der Waals surface area (Å²) >= 11 is 0. The van der Waals surface area contributed by atoms with Gasteiger partial charge in [-0.25, -0.2) is 8.42 Å². The number of hydrogen-bond acceptors (Lipinski definition) is 4. The van der Waals surface area contributed by atoms with Crippen LogP contribution in [0.4, 0.5) is 8.78 Å². The molecule has 0 saturated carbocycles. The average Bonchev–Trinajstić information content (AvgIpc) is 2.62. The van der Waals surface area contributed by atoms with Gasteiger partial charge in [0.25, 0.3) is 0 Å². The van der Waals surface area contributed by atoms with Crippen molar-refractivity contribution in [3.63, 3.8) is 0 Å². The van der Waals surface area contributed by atoms with Gasteiger partial charge in [0.05, 0.1) is 4.90 Å². The van der Waals surface area contributed by atoms with Crippen LogP contribution in [0.15, 0.2) is 29.2 Å². The van der Waals surface area contributed by atoms with Crippen molar-refractivity contribution in [1.82, 2.24) is 9.21 Å². The van der Waals surface area contributed by atoms with Gasteiger partial charge < -0.3 is 9.64 Å². The predicted octanol–water partition coefficient (Wildman–Crippen LogP) is 3.76. The number of nitrogens with zero attached hydrogens (tertiary/aromatic N) is 2. The SMILES string of the molecule is CC1C[CH-]N(C2CCN(S(=O)(=O)c3ccc(OC(F)F)cc3)CC2)CC1.Cl. The van der Waals surface area contributed by atoms with Gasteiger partial charge in [-0.1, -0.05) is 12.8 Å². The van der Waals surface area contributed by atoms with E-state index in [0.29, 0.717) is 19.1 Å². The molecule has 0 bridgehead atoms. The first kappa shape index (κ1) is 22.3. The first-order valence-corrected chi connectivity index (χ1v) is 10.4. The number of piperidine rings is 2. The minimum absolute atomic E-state index is 0. The van der Waals surface area contributed by atoms with Crippen LogP contribution in [0, 0.1) is 12.5 Å². The molecule has 27 heavy (non-hydrogen) atoms. The number of rotatable bonds is 5. The number of halogens is 3. The maximum atomic E-state index is 12.8. The third-order valence-corrected chi connectivity index (χ3v) is 7.11. The van der Waals surface area contributed by atoms with Crippen molar-refractivity contribution >= 4 is 22.4 Å². The third kappa shape index (κ3) is 5.53. The summed E-state index contributed by atoms with van der Waals surface area (Å²) in [5.41, 5.74) is 0. The maximum Gasteiger partial charge on any atom is 0.387 e. The summed E-state index contributed by atoms with van der Waals surface area (Å²) in [6.45, 7) is 3.59. The first-order valence-electron chi connectivity index (χ1n) is 9.00. The van der Waals surface area contributed by atoms with Crippen LogP contribution in [0.5, 0.6) is 5.75 Å². The Morgan fingerprint density at radius 1 is 1.11 bits per heavy atom. The monoisotopic (exact) mass is 423 g/mol. The summed E-state index contributed by atoms with van der Waals surface area (Å²) < 4.78 is 55.7. The lowest BCUT2D eigenvalue weighted by Gasteiger charge is -2.48. The van der Waals surface area contributed by atoms with Gasteiger partial charge in [-0.2, -0.15) is 19.5 Å². The number of likely N-dealkylation sites (tertiary alicyclic amines) is 1. The van der Waals surface area contributed by atoms with Crippen molar-refractivity contribution < 1.29 is 21.9 Å². The Morgan fingerprint density at radius 3 is 2.26 bits per heavy atom. The molecule has 0 spiro atoms. The normalized spacial score (nSPS) is 23.2. The summed E-state index contributed by atoms with van der Waals surface area (Å²) in [6, 6.07) is 5.55. The number of ether oxygens (including phenoxy) is 1. The van der Waals surface area contributed by atoms with Crippen LogP contribution in [0.2, 0.25) is 0 Å². The lowest BCUT2D eigenvalue weighted by molar-refractivity contribution is -0.0498. The molecule has 2 aliphatic heterocycles. The van der Waals surface area contributed by atoms with Gasteiger partial charge in [0.2, 0.25) is 10.0 Å². The highest BCUT2D eigenvalue weighted by Gasteiger charge is 2.30. The Kier molecular flexibility index (Phi) is 7.85. The van der Waals surface area contributed by atoms with Gasteiger partial charge in [0.15, 0.2) is 0 Å². The molecule has 0 N–H and O–H groups in total. The number of hydrogen-bond donors (Lipinski definition) is 0. The van der Waals surface area contributed by atoms with Crippen molar-refractivity contribution in [2.24, 2.45) is 5.92 Å². The molecule has 0 aliphatic carbocycles. The zero-order chi connectivity index (χ0) is 18.7. The second-order valence-electron chi connectivity index (χ2n) is 7.04. The maximum absolute atomic E-state index is 12.8. The second-order valence-corrected chi connectivity index (χ2v) is 8.97. The average molecular weight is 424 g/mol. The number of sulfonamides is 1. The standard InChI is InChI=1S/C18H25F2N2O3S.ClH/c1-14-6-10-21(11-7-14)15-8-12-22(13-9-15)26(23,24)17-4-2-16(3-5-17)25-18(19)20;/h2-5,10,14-15,18H,6-9,11-13H2,1H3;1H/q-1;. The van der Waals surface area contributed by atoms with E-state index in [2.05, 4.69) is 23.1 Å². The number of benzene rings is 1. The Hall–Kier alpha value is -0.960. The fraction of sp³-hybridized carbons (Fsp3) is 0.611. The van der Waals surface area contributed by atoms with Gasteiger partial charge in [0.1, 0.15) is 5.75 Å². The highest BCUT2D eigenvalue weighted by Crippen LogP contribution is 2.28. The fourth-order valence-electron chi connectivity index (χ4n) is 3.58. The molecule has 2 heterocycles. The molecular formula is C18H26ClF2N2O3S-. The third-order valence-electron chi connectivity index (χ3n) is 5.20. The Labute approximate surface area is 166 Å². The lowest BCUT2D eigenvalue weighted by Crippen LogP contribution is -2.47. The van der Waals surface area contributed by atoms with Crippen LogP contribution in [0.1, 0.15) is 32.6 Å². The molecule has 154 valence electrons. The zero-order valence-corrected chi connectivity index (χ0v) is 16.9. The van der Waals surface area contributed by atoms with E-state index in [0.717, 1.165) is 31.7 Å². The zero-order valence-electron chi connectivity index (χ0n) is 15.3. The van der Waals surface area contributed by atoms with Crippen molar-refractivity contribution in [1.29, 1.82) is 0 Å². The van der Waals surface area contributed by atoms with Crippen LogP contribution in [-0.4, -0.2) is 49.9 Å². The fourth-order valence-corrected chi connectivity index (χ4v) is 5.05. The summed E-state index contributed by atoms with van der Waals surface area (Å²) in [7, 11) is -3.61. The minimum Gasteiger partial charge on any atom is -0.454 e. The van der Waals surface area contributed by atoms with Crippen molar-refractivity contribution in [3.05, 3.63) is 30.8 Å². The number of alkyl halides is 2. The van der Waals surface area contributed by atoms with Crippen molar-refractivity contribution in [2.45, 2.75) is 50.2 Å². The summed E-state index contributed by atoms with van der Waals surface area (Å²) in [5.74, 6) is 0.677. The molecule has 3 rings (SSSR count). The molecule has 1 unspecified atom stereocenters. The molecule has 9 heteroatoms.